The zero-order valence-corrected chi connectivity index (χ0v) is 17.7. The van der Waals surface area contributed by atoms with Gasteiger partial charge in [0.05, 0.1) is 6.04 Å². The van der Waals surface area contributed by atoms with Crippen LogP contribution in [0.4, 0.5) is 4.39 Å². The van der Waals surface area contributed by atoms with Crippen LogP contribution in [0.1, 0.15) is 43.4 Å². The van der Waals surface area contributed by atoms with Crippen LogP contribution in [0.3, 0.4) is 0 Å². The molecule has 0 amide bonds. The number of benzene rings is 1. The van der Waals surface area contributed by atoms with E-state index in [1.807, 2.05) is 19.1 Å². The lowest BCUT2D eigenvalue weighted by molar-refractivity contribution is 0.314. The van der Waals surface area contributed by atoms with Gasteiger partial charge in [0.25, 0.3) is 0 Å². The van der Waals surface area contributed by atoms with E-state index >= 15 is 0 Å². The van der Waals surface area contributed by atoms with E-state index in [4.69, 9.17) is 0 Å². The van der Waals surface area contributed by atoms with E-state index < -0.39 is 0 Å². The summed E-state index contributed by atoms with van der Waals surface area (Å²) >= 11 is 0. The van der Waals surface area contributed by atoms with Gasteiger partial charge in [-0.15, -0.1) is 24.0 Å². The normalized spacial score (nSPS) is 22.4. The average molecular weight is 460 g/mol. The number of nitrogens with one attached hydrogen (secondary N) is 2. The Morgan fingerprint density at radius 1 is 1.36 bits per heavy atom. The summed E-state index contributed by atoms with van der Waals surface area (Å²) in [5, 5.41) is 6.79. The zero-order chi connectivity index (χ0) is 17.1. The molecule has 1 aromatic rings. The second-order valence-electron chi connectivity index (χ2n) is 7.21. The molecule has 1 saturated carbocycles. The van der Waals surface area contributed by atoms with Crippen LogP contribution < -0.4 is 10.6 Å². The summed E-state index contributed by atoms with van der Waals surface area (Å²) in [6.07, 6.45) is 4.03. The van der Waals surface area contributed by atoms with Crippen molar-refractivity contribution < 1.29 is 4.39 Å². The molecular weight excluding hydrogens is 430 g/mol. The van der Waals surface area contributed by atoms with E-state index in [2.05, 4.69) is 20.5 Å². The Morgan fingerprint density at radius 3 is 2.76 bits per heavy atom. The van der Waals surface area contributed by atoms with E-state index in [-0.39, 0.29) is 35.8 Å². The summed E-state index contributed by atoms with van der Waals surface area (Å²) in [6.45, 7) is 7.19. The first-order chi connectivity index (χ1) is 11.6. The molecule has 140 valence electrons. The summed E-state index contributed by atoms with van der Waals surface area (Å²) in [5.41, 5.74) is 1.61. The molecule has 0 radical (unpaired) electrons. The minimum Gasteiger partial charge on any atom is -0.356 e. The van der Waals surface area contributed by atoms with Crippen LogP contribution in [0.15, 0.2) is 23.2 Å². The molecule has 25 heavy (non-hydrogen) atoms. The minimum absolute atomic E-state index is 0. The fraction of sp³-hybridized carbons (Fsp3) is 0.632. The molecule has 0 bridgehead atoms. The minimum atomic E-state index is -0.157. The maximum absolute atomic E-state index is 13.7. The molecule has 2 N–H and O–H groups in total. The summed E-state index contributed by atoms with van der Waals surface area (Å²) in [7, 11) is 1.78. The van der Waals surface area contributed by atoms with Crippen molar-refractivity contribution in [2.75, 3.05) is 26.7 Å². The third-order valence-electron chi connectivity index (χ3n) is 5.21. The number of nitrogens with zero attached hydrogens (tertiary/aromatic N) is 2. The predicted octanol–water partition coefficient (Wildman–Crippen LogP) is 3.46. The lowest BCUT2D eigenvalue weighted by atomic mass is 10.1. The molecule has 2 aliphatic rings. The second-order valence-corrected chi connectivity index (χ2v) is 7.21. The molecule has 1 aromatic carbocycles. The smallest absolute Gasteiger partial charge is 0.191 e. The molecule has 4 nitrogen and oxygen atoms in total. The average Bonchev–Trinajstić information content (AvgIpc) is 3.32. The highest BCUT2D eigenvalue weighted by Gasteiger charge is 2.34. The molecule has 1 heterocycles. The Kier molecular flexibility index (Phi) is 7.49. The van der Waals surface area contributed by atoms with Crippen LogP contribution in [0, 0.1) is 18.7 Å². The first kappa shape index (κ1) is 20.4. The number of aryl methyl sites for hydroxylation is 1. The van der Waals surface area contributed by atoms with Crippen LogP contribution in [-0.2, 0) is 0 Å². The number of aliphatic imine (C=N–C) groups is 1. The number of rotatable bonds is 5. The van der Waals surface area contributed by atoms with Crippen LogP contribution >= 0.6 is 24.0 Å². The van der Waals surface area contributed by atoms with Crippen molar-refractivity contribution in [2.45, 2.75) is 45.2 Å². The topological polar surface area (TPSA) is 39.7 Å². The van der Waals surface area contributed by atoms with Gasteiger partial charge in [-0.1, -0.05) is 12.1 Å². The standard InChI is InChI=1S/C19H29FN4.HI/c1-13-4-5-16(10-18(13)20)14(2)23-19(21-3)22-11-15-8-9-24(12-15)17-6-7-17;/h4-5,10,14-15,17H,6-9,11-12H2,1-3H3,(H2,21,22,23);1H. The van der Waals surface area contributed by atoms with Gasteiger partial charge in [0.15, 0.2) is 5.96 Å². The highest BCUT2D eigenvalue weighted by Crippen LogP contribution is 2.31. The Bertz CT molecular complexity index is 603. The Labute approximate surface area is 167 Å². The fourth-order valence-electron chi connectivity index (χ4n) is 3.40. The number of likely N-dealkylation sites (tertiary alicyclic amines) is 1. The van der Waals surface area contributed by atoms with Gasteiger partial charge in [0, 0.05) is 26.2 Å². The molecule has 1 aliphatic carbocycles. The van der Waals surface area contributed by atoms with Gasteiger partial charge in [0.1, 0.15) is 5.82 Å². The maximum Gasteiger partial charge on any atom is 0.191 e. The van der Waals surface area contributed by atoms with Gasteiger partial charge in [-0.3, -0.25) is 4.99 Å². The Hall–Kier alpha value is -0.890. The van der Waals surface area contributed by atoms with Crippen molar-refractivity contribution in [3.05, 3.63) is 35.1 Å². The van der Waals surface area contributed by atoms with Crippen LogP contribution in [0.5, 0.6) is 0 Å². The monoisotopic (exact) mass is 460 g/mol. The number of hydrogen-bond donors (Lipinski definition) is 2. The van der Waals surface area contributed by atoms with Gasteiger partial charge >= 0.3 is 0 Å². The third kappa shape index (κ3) is 5.54. The first-order valence-electron chi connectivity index (χ1n) is 9.04. The molecule has 2 unspecified atom stereocenters. The van der Waals surface area contributed by atoms with Crippen molar-refractivity contribution in [1.29, 1.82) is 0 Å². The zero-order valence-electron chi connectivity index (χ0n) is 15.4. The van der Waals surface area contributed by atoms with E-state index in [0.717, 1.165) is 24.1 Å². The number of guanidine groups is 1. The lowest BCUT2D eigenvalue weighted by Gasteiger charge is -2.20. The van der Waals surface area contributed by atoms with Crippen LogP contribution in [0.25, 0.3) is 0 Å². The molecule has 1 aliphatic heterocycles. The highest BCUT2D eigenvalue weighted by molar-refractivity contribution is 14.0. The van der Waals surface area contributed by atoms with E-state index in [1.54, 1.807) is 20.0 Å². The van der Waals surface area contributed by atoms with E-state index in [1.165, 1.54) is 32.4 Å². The van der Waals surface area contributed by atoms with Gasteiger partial charge in [-0.05, 0) is 62.8 Å². The van der Waals surface area contributed by atoms with Gasteiger partial charge < -0.3 is 15.5 Å². The van der Waals surface area contributed by atoms with Crippen LogP contribution in [-0.4, -0.2) is 43.6 Å². The van der Waals surface area contributed by atoms with Gasteiger partial charge in [-0.25, -0.2) is 4.39 Å². The van der Waals surface area contributed by atoms with E-state index in [9.17, 15) is 4.39 Å². The van der Waals surface area contributed by atoms with Crippen molar-refractivity contribution in [1.82, 2.24) is 15.5 Å². The van der Waals surface area contributed by atoms with Crippen LogP contribution in [0.2, 0.25) is 0 Å². The summed E-state index contributed by atoms with van der Waals surface area (Å²) in [5.74, 6) is 1.32. The van der Waals surface area contributed by atoms with Crippen molar-refractivity contribution in [3.63, 3.8) is 0 Å². The summed E-state index contributed by atoms with van der Waals surface area (Å²) in [4.78, 5) is 6.93. The van der Waals surface area contributed by atoms with Crippen molar-refractivity contribution >= 4 is 29.9 Å². The molecule has 6 heteroatoms. The molecule has 1 saturated heterocycles. The summed E-state index contributed by atoms with van der Waals surface area (Å²) in [6, 6.07) is 6.27. The molecule has 3 rings (SSSR count). The quantitative estimate of drug-likeness (QED) is 0.402. The maximum atomic E-state index is 13.7. The van der Waals surface area contributed by atoms with Gasteiger partial charge in [-0.2, -0.15) is 0 Å². The first-order valence-corrected chi connectivity index (χ1v) is 9.04. The molecule has 0 spiro atoms. The second kappa shape index (κ2) is 9.16. The number of halogens is 2. The molecule has 2 atom stereocenters. The third-order valence-corrected chi connectivity index (χ3v) is 5.21. The Balaban J connectivity index is 0.00000225. The lowest BCUT2D eigenvalue weighted by Crippen LogP contribution is -2.41. The van der Waals surface area contributed by atoms with Crippen molar-refractivity contribution in [2.24, 2.45) is 10.9 Å². The van der Waals surface area contributed by atoms with Crippen molar-refractivity contribution in [3.8, 4) is 0 Å². The SMILES string of the molecule is CN=C(NCC1CCN(C2CC2)C1)NC(C)c1ccc(C)c(F)c1.I. The largest absolute Gasteiger partial charge is 0.356 e. The number of hydrogen-bond acceptors (Lipinski definition) is 2. The summed E-state index contributed by atoms with van der Waals surface area (Å²) < 4.78 is 13.7. The van der Waals surface area contributed by atoms with Gasteiger partial charge in [0.2, 0.25) is 0 Å². The fourth-order valence-corrected chi connectivity index (χ4v) is 3.40. The highest BCUT2D eigenvalue weighted by atomic mass is 127. The predicted molar refractivity (Wildman–Crippen MR) is 112 cm³/mol. The molecular formula is C19H30FIN4. The molecule has 2 fully saturated rings. The van der Waals surface area contributed by atoms with E-state index in [0.29, 0.717) is 11.5 Å². The molecule has 0 aromatic heterocycles. The Morgan fingerprint density at radius 2 is 2.12 bits per heavy atom.